The third-order valence-corrected chi connectivity index (χ3v) is 5.00. The van der Waals surface area contributed by atoms with Crippen LogP contribution in [0.15, 0.2) is 29.2 Å². The molecule has 5 heteroatoms. The van der Waals surface area contributed by atoms with Gasteiger partial charge in [0, 0.05) is 23.4 Å². The molecular weight excluding hydrogens is 276 g/mol. The van der Waals surface area contributed by atoms with Gasteiger partial charge >= 0.3 is 0 Å². The zero-order chi connectivity index (χ0) is 13.7. The summed E-state index contributed by atoms with van der Waals surface area (Å²) in [6.07, 6.45) is 0. The van der Waals surface area contributed by atoms with Crippen LogP contribution in [0.4, 0.5) is 0 Å². The molecule has 0 amide bonds. The number of ether oxygens (including phenoxy) is 1. The lowest BCUT2D eigenvalue weighted by Gasteiger charge is -1.99. The number of methoxy groups -OCH3 is 1. The van der Waals surface area contributed by atoms with E-state index in [-0.39, 0.29) is 0 Å². The molecule has 0 saturated carbocycles. The molecule has 1 heterocycles. The maximum atomic E-state index is 5.73. The van der Waals surface area contributed by atoms with Gasteiger partial charge in [-0.25, -0.2) is 4.98 Å². The van der Waals surface area contributed by atoms with Crippen LogP contribution < -0.4 is 5.73 Å². The predicted molar refractivity (Wildman–Crippen MR) is 81.5 cm³/mol. The largest absolute Gasteiger partial charge is 0.378 e. The molecular formula is C14H18N2OS2. The van der Waals surface area contributed by atoms with Crippen LogP contribution in [0.2, 0.25) is 0 Å². The lowest BCUT2D eigenvalue weighted by Crippen LogP contribution is -1.99. The Morgan fingerprint density at radius 1 is 1.32 bits per heavy atom. The SMILES string of the molecule is COCc1nc(CSc2ccc(C)cc2)sc1CN. The molecule has 0 aliphatic rings. The van der Waals surface area contributed by atoms with E-state index in [4.69, 9.17) is 10.5 Å². The van der Waals surface area contributed by atoms with Crippen molar-refractivity contribution in [2.75, 3.05) is 7.11 Å². The monoisotopic (exact) mass is 294 g/mol. The average Bonchev–Trinajstić information content (AvgIpc) is 2.81. The molecule has 0 aliphatic heterocycles. The van der Waals surface area contributed by atoms with Crippen molar-refractivity contribution in [3.8, 4) is 0 Å². The Balaban J connectivity index is 2.01. The van der Waals surface area contributed by atoms with E-state index >= 15 is 0 Å². The molecule has 2 aromatic rings. The highest BCUT2D eigenvalue weighted by Crippen LogP contribution is 2.27. The van der Waals surface area contributed by atoms with E-state index in [0.29, 0.717) is 13.2 Å². The number of nitrogens with two attached hydrogens (primary N) is 1. The summed E-state index contributed by atoms with van der Waals surface area (Å²) in [6, 6.07) is 8.55. The van der Waals surface area contributed by atoms with Gasteiger partial charge in [-0.2, -0.15) is 0 Å². The molecule has 0 aliphatic carbocycles. The fraction of sp³-hybridized carbons (Fsp3) is 0.357. The van der Waals surface area contributed by atoms with Crippen molar-refractivity contribution in [3.63, 3.8) is 0 Å². The van der Waals surface area contributed by atoms with Crippen LogP contribution in [0.3, 0.4) is 0 Å². The van der Waals surface area contributed by atoms with Crippen LogP contribution in [0.1, 0.15) is 21.1 Å². The number of thioether (sulfide) groups is 1. The third kappa shape index (κ3) is 4.04. The molecule has 0 radical (unpaired) electrons. The van der Waals surface area contributed by atoms with E-state index in [1.165, 1.54) is 10.5 Å². The molecule has 0 atom stereocenters. The van der Waals surface area contributed by atoms with Crippen LogP contribution in [-0.4, -0.2) is 12.1 Å². The van der Waals surface area contributed by atoms with Gasteiger partial charge in [0.05, 0.1) is 18.1 Å². The summed E-state index contributed by atoms with van der Waals surface area (Å²) in [5.41, 5.74) is 7.99. The minimum atomic E-state index is 0.533. The molecule has 102 valence electrons. The summed E-state index contributed by atoms with van der Waals surface area (Å²) < 4.78 is 5.14. The normalized spacial score (nSPS) is 10.9. The Morgan fingerprint density at radius 3 is 2.68 bits per heavy atom. The first-order valence-electron chi connectivity index (χ1n) is 6.09. The Morgan fingerprint density at radius 2 is 2.05 bits per heavy atom. The summed E-state index contributed by atoms with van der Waals surface area (Å²) in [4.78, 5) is 6.99. The first-order chi connectivity index (χ1) is 9.22. The van der Waals surface area contributed by atoms with E-state index in [0.717, 1.165) is 21.3 Å². The number of benzene rings is 1. The van der Waals surface area contributed by atoms with Crippen molar-refractivity contribution in [2.24, 2.45) is 5.73 Å². The number of hydrogen-bond acceptors (Lipinski definition) is 5. The molecule has 1 aromatic heterocycles. The van der Waals surface area contributed by atoms with E-state index in [9.17, 15) is 0 Å². The Kier molecular flexibility index (Phi) is 5.39. The smallest absolute Gasteiger partial charge is 0.104 e. The third-order valence-electron chi connectivity index (χ3n) is 2.67. The van der Waals surface area contributed by atoms with Crippen LogP contribution in [-0.2, 0) is 23.6 Å². The van der Waals surface area contributed by atoms with Gasteiger partial charge in [0.25, 0.3) is 0 Å². The van der Waals surface area contributed by atoms with Gasteiger partial charge in [0.15, 0.2) is 0 Å². The van der Waals surface area contributed by atoms with E-state index in [1.807, 2.05) is 0 Å². The predicted octanol–water partition coefficient (Wildman–Crippen LogP) is 3.35. The highest BCUT2D eigenvalue weighted by atomic mass is 32.2. The van der Waals surface area contributed by atoms with Gasteiger partial charge in [0.1, 0.15) is 5.01 Å². The number of aryl methyl sites for hydroxylation is 1. The van der Waals surface area contributed by atoms with Crippen molar-refractivity contribution >= 4 is 23.1 Å². The highest BCUT2D eigenvalue weighted by molar-refractivity contribution is 7.98. The summed E-state index contributed by atoms with van der Waals surface area (Å²) in [5.74, 6) is 0.879. The van der Waals surface area contributed by atoms with Gasteiger partial charge in [-0.05, 0) is 19.1 Å². The van der Waals surface area contributed by atoms with E-state index in [1.54, 1.807) is 30.2 Å². The minimum Gasteiger partial charge on any atom is -0.378 e. The first kappa shape index (κ1) is 14.5. The fourth-order valence-electron chi connectivity index (χ4n) is 1.69. The van der Waals surface area contributed by atoms with Crippen molar-refractivity contribution in [2.45, 2.75) is 30.7 Å². The van der Waals surface area contributed by atoms with Crippen molar-refractivity contribution in [1.82, 2.24) is 4.98 Å². The van der Waals surface area contributed by atoms with Gasteiger partial charge in [-0.1, -0.05) is 17.7 Å². The Hall–Kier alpha value is -0.880. The van der Waals surface area contributed by atoms with Crippen LogP contribution in [0.25, 0.3) is 0 Å². The van der Waals surface area contributed by atoms with Gasteiger partial charge in [0.2, 0.25) is 0 Å². The van der Waals surface area contributed by atoms with E-state index in [2.05, 4.69) is 36.2 Å². The van der Waals surface area contributed by atoms with E-state index < -0.39 is 0 Å². The van der Waals surface area contributed by atoms with Crippen LogP contribution in [0.5, 0.6) is 0 Å². The molecule has 0 spiro atoms. The van der Waals surface area contributed by atoms with Crippen LogP contribution in [0, 0.1) is 6.92 Å². The van der Waals surface area contributed by atoms with Gasteiger partial charge in [-0.3, -0.25) is 0 Å². The summed E-state index contributed by atoms with van der Waals surface area (Å²) in [6.45, 7) is 3.17. The van der Waals surface area contributed by atoms with Crippen molar-refractivity contribution in [1.29, 1.82) is 0 Å². The van der Waals surface area contributed by atoms with Crippen molar-refractivity contribution in [3.05, 3.63) is 45.4 Å². The lowest BCUT2D eigenvalue weighted by atomic mass is 10.2. The number of rotatable bonds is 6. The van der Waals surface area contributed by atoms with Gasteiger partial charge < -0.3 is 10.5 Å². The molecule has 0 saturated heterocycles. The molecule has 0 bridgehead atoms. The number of aromatic nitrogens is 1. The Bertz CT molecular complexity index is 523. The second kappa shape index (κ2) is 7.05. The standard InChI is InChI=1S/C14H18N2OS2/c1-10-3-5-11(6-4-10)18-9-14-16-12(8-17-2)13(7-15)19-14/h3-6H,7-9,15H2,1-2H3. The second-order valence-electron chi connectivity index (χ2n) is 4.22. The summed E-state index contributed by atoms with van der Waals surface area (Å²) >= 11 is 3.48. The average molecular weight is 294 g/mol. The zero-order valence-corrected chi connectivity index (χ0v) is 12.8. The molecule has 3 nitrogen and oxygen atoms in total. The maximum absolute atomic E-state index is 5.73. The van der Waals surface area contributed by atoms with Gasteiger partial charge in [-0.15, -0.1) is 23.1 Å². The second-order valence-corrected chi connectivity index (χ2v) is 6.43. The number of nitrogens with zero attached hydrogens (tertiary/aromatic N) is 1. The molecule has 2 N–H and O–H groups in total. The lowest BCUT2D eigenvalue weighted by molar-refractivity contribution is 0.181. The highest BCUT2D eigenvalue weighted by Gasteiger charge is 2.10. The molecule has 0 unspecified atom stereocenters. The van der Waals surface area contributed by atoms with Crippen LogP contribution >= 0.6 is 23.1 Å². The molecule has 1 aromatic carbocycles. The molecule has 19 heavy (non-hydrogen) atoms. The topological polar surface area (TPSA) is 48.1 Å². The van der Waals surface area contributed by atoms with Crippen molar-refractivity contribution < 1.29 is 4.74 Å². The first-order valence-corrected chi connectivity index (χ1v) is 7.89. The molecule has 2 rings (SSSR count). The molecule has 0 fully saturated rings. The summed E-state index contributed by atoms with van der Waals surface area (Å²) in [5, 5.41) is 1.11. The number of hydrogen-bond donors (Lipinski definition) is 1. The Labute approximate surface area is 122 Å². The summed E-state index contributed by atoms with van der Waals surface area (Å²) in [7, 11) is 1.68. The maximum Gasteiger partial charge on any atom is 0.104 e. The zero-order valence-electron chi connectivity index (χ0n) is 11.2. The quantitative estimate of drug-likeness (QED) is 0.830. The number of thiazole rings is 1. The minimum absolute atomic E-state index is 0.533. The fourth-order valence-corrected chi connectivity index (χ4v) is 3.53.